The van der Waals surface area contributed by atoms with Crippen LogP contribution >= 0.6 is 11.6 Å². The van der Waals surface area contributed by atoms with E-state index in [-0.39, 0.29) is 5.56 Å². The van der Waals surface area contributed by atoms with Gasteiger partial charge >= 0.3 is 0 Å². The molecule has 156 valence electrons. The molecule has 0 amide bonds. The van der Waals surface area contributed by atoms with Crippen molar-refractivity contribution in [2.24, 2.45) is 4.40 Å². The van der Waals surface area contributed by atoms with Crippen LogP contribution in [-0.2, 0) is 24.3 Å². The molecule has 0 bridgehead atoms. The molecule has 1 atom stereocenters. The van der Waals surface area contributed by atoms with Gasteiger partial charge in [0, 0.05) is 24.1 Å². The van der Waals surface area contributed by atoms with Crippen LogP contribution in [0.2, 0.25) is 5.15 Å². The van der Waals surface area contributed by atoms with Crippen LogP contribution in [-0.4, -0.2) is 29.5 Å². The monoisotopic (exact) mass is 442 g/mol. The van der Waals surface area contributed by atoms with Crippen LogP contribution in [0, 0.1) is 6.92 Å². The Morgan fingerprint density at radius 1 is 1.27 bits per heavy atom. The van der Waals surface area contributed by atoms with Crippen molar-refractivity contribution < 1.29 is 4.55 Å². The number of hydrogen-bond donors (Lipinski definition) is 0. The maximum Gasteiger partial charge on any atom is 0.261 e. The van der Waals surface area contributed by atoms with E-state index < -0.39 is 16.1 Å². The van der Waals surface area contributed by atoms with Gasteiger partial charge in [-0.15, -0.1) is 0 Å². The number of fused-ring (bicyclic) bond motifs is 4. The molecular weight excluding hydrogens is 420 g/mol. The van der Waals surface area contributed by atoms with E-state index >= 15 is 0 Å². The smallest absolute Gasteiger partial charge is 0.261 e. The molecule has 30 heavy (non-hydrogen) atoms. The Labute approximate surface area is 183 Å². The number of aryl methyl sites for hydroxylation is 2. The van der Waals surface area contributed by atoms with Crippen molar-refractivity contribution in [2.45, 2.75) is 52.3 Å². The molecule has 3 heterocycles. The number of rotatable bonds is 2. The molecule has 1 aliphatic heterocycles. The van der Waals surface area contributed by atoms with Gasteiger partial charge in [0.05, 0.1) is 22.3 Å². The highest BCUT2D eigenvalue weighted by atomic mass is 35.5. The van der Waals surface area contributed by atoms with Crippen molar-refractivity contribution in [3.63, 3.8) is 0 Å². The summed E-state index contributed by atoms with van der Waals surface area (Å²) in [6.07, 6.45) is 0.625. The number of aromatic nitrogens is 3. The standard InChI is InChI=1S/C22H23ClN4O2S/c1-12-10-15(13(2)26-30(29)22(3,4)5)19-16(11-12)21(28)27-9-8-17-14(20(27)25-19)6-7-18(23)24-17/h6-7,10-11H,8-9H2,1-5H3. The summed E-state index contributed by atoms with van der Waals surface area (Å²) in [5, 5.41) is 0.963. The number of benzene rings is 1. The summed E-state index contributed by atoms with van der Waals surface area (Å²) < 4.78 is 18.2. The molecule has 2 aromatic heterocycles. The van der Waals surface area contributed by atoms with E-state index in [1.54, 1.807) is 10.6 Å². The Morgan fingerprint density at radius 2 is 2.00 bits per heavy atom. The van der Waals surface area contributed by atoms with Gasteiger partial charge in [0.1, 0.15) is 27.1 Å². The third-order valence-corrected chi connectivity index (χ3v) is 6.79. The fourth-order valence-electron chi connectivity index (χ4n) is 3.56. The molecule has 0 radical (unpaired) electrons. The molecule has 0 saturated carbocycles. The van der Waals surface area contributed by atoms with Crippen LogP contribution in [0.3, 0.4) is 0 Å². The van der Waals surface area contributed by atoms with Gasteiger partial charge in [0.2, 0.25) is 0 Å². The lowest BCUT2D eigenvalue weighted by atomic mass is 10.0. The summed E-state index contributed by atoms with van der Waals surface area (Å²) in [5.41, 5.74) is 4.36. The van der Waals surface area contributed by atoms with Crippen LogP contribution in [0.25, 0.3) is 22.3 Å². The summed E-state index contributed by atoms with van der Waals surface area (Å²) in [7, 11) is 0. The fraction of sp³-hybridized carbons (Fsp3) is 0.364. The average molecular weight is 443 g/mol. The van der Waals surface area contributed by atoms with Gasteiger partial charge in [-0.05, 0) is 64.4 Å². The lowest BCUT2D eigenvalue weighted by Gasteiger charge is -2.22. The SMILES string of the molecule is CC(=N[S+]([O-])C(C)(C)C)c1cc(C)cc2c(=O)n3c(nc12)-c1ccc(Cl)nc1CC3. The third-order valence-electron chi connectivity index (χ3n) is 5.09. The van der Waals surface area contributed by atoms with Crippen molar-refractivity contribution in [1.82, 2.24) is 14.5 Å². The van der Waals surface area contributed by atoms with Gasteiger partial charge in [-0.25, -0.2) is 9.97 Å². The van der Waals surface area contributed by atoms with E-state index in [2.05, 4.69) is 9.38 Å². The van der Waals surface area contributed by atoms with E-state index in [0.29, 0.717) is 40.6 Å². The minimum Gasteiger partial charge on any atom is -0.591 e. The Hall–Kier alpha value is -2.22. The Morgan fingerprint density at radius 3 is 2.70 bits per heavy atom. The summed E-state index contributed by atoms with van der Waals surface area (Å²) in [6.45, 7) is 9.88. The van der Waals surface area contributed by atoms with E-state index in [9.17, 15) is 9.35 Å². The van der Waals surface area contributed by atoms with E-state index in [4.69, 9.17) is 16.6 Å². The summed E-state index contributed by atoms with van der Waals surface area (Å²) in [6, 6.07) is 7.36. The second kappa shape index (κ2) is 7.48. The second-order valence-corrected chi connectivity index (χ2v) is 10.8. The lowest BCUT2D eigenvalue weighted by molar-refractivity contribution is 0.561. The molecular formula is C22H23ClN4O2S. The average Bonchev–Trinajstić information content (AvgIpc) is 2.67. The second-order valence-electron chi connectivity index (χ2n) is 8.52. The Balaban J connectivity index is 2.00. The van der Waals surface area contributed by atoms with Gasteiger partial charge in [-0.2, -0.15) is 0 Å². The Kier molecular flexibility index (Phi) is 5.24. The predicted molar refractivity (Wildman–Crippen MR) is 123 cm³/mol. The van der Waals surface area contributed by atoms with Gasteiger partial charge < -0.3 is 4.55 Å². The molecule has 4 rings (SSSR count). The first-order valence-electron chi connectivity index (χ1n) is 9.75. The quantitative estimate of drug-likeness (QED) is 0.337. The van der Waals surface area contributed by atoms with Crippen molar-refractivity contribution in [2.75, 3.05) is 0 Å². The summed E-state index contributed by atoms with van der Waals surface area (Å²) >= 11 is 4.64. The minimum atomic E-state index is -1.41. The zero-order valence-electron chi connectivity index (χ0n) is 17.6. The number of halogens is 1. The zero-order chi connectivity index (χ0) is 21.8. The highest BCUT2D eigenvalue weighted by Crippen LogP contribution is 2.29. The van der Waals surface area contributed by atoms with Crippen LogP contribution in [0.15, 0.2) is 33.5 Å². The topological polar surface area (TPSA) is 83.2 Å². The molecule has 6 nitrogen and oxygen atoms in total. The molecule has 3 aromatic rings. The molecule has 0 fully saturated rings. The number of nitrogens with zero attached hydrogens (tertiary/aromatic N) is 4. The lowest BCUT2D eigenvalue weighted by Crippen LogP contribution is -2.29. The first-order valence-corrected chi connectivity index (χ1v) is 11.2. The number of hydrogen-bond acceptors (Lipinski definition) is 5. The fourth-order valence-corrected chi connectivity index (χ4v) is 4.34. The van der Waals surface area contributed by atoms with Crippen molar-refractivity contribution in [1.29, 1.82) is 0 Å². The molecule has 1 unspecified atom stereocenters. The summed E-state index contributed by atoms with van der Waals surface area (Å²) in [5.74, 6) is 0.577. The highest BCUT2D eigenvalue weighted by Gasteiger charge is 2.28. The zero-order valence-corrected chi connectivity index (χ0v) is 19.2. The maximum atomic E-state index is 13.3. The first kappa shape index (κ1) is 21.0. The molecule has 1 aliphatic rings. The molecule has 0 N–H and O–H groups in total. The van der Waals surface area contributed by atoms with Gasteiger partial charge in [-0.3, -0.25) is 9.36 Å². The van der Waals surface area contributed by atoms with Gasteiger partial charge in [-0.1, -0.05) is 16.0 Å². The molecule has 0 saturated heterocycles. The third kappa shape index (κ3) is 3.66. The van der Waals surface area contributed by atoms with Crippen LogP contribution < -0.4 is 5.56 Å². The number of pyridine rings is 1. The van der Waals surface area contributed by atoms with Crippen LogP contribution in [0.5, 0.6) is 0 Å². The first-order chi connectivity index (χ1) is 14.1. The van der Waals surface area contributed by atoms with E-state index in [0.717, 1.165) is 22.4 Å². The summed E-state index contributed by atoms with van der Waals surface area (Å²) in [4.78, 5) is 22.6. The highest BCUT2D eigenvalue weighted by molar-refractivity contribution is 7.91. The van der Waals surface area contributed by atoms with Crippen molar-refractivity contribution in [3.05, 3.63) is 56.6 Å². The molecule has 8 heteroatoms. The Bertz CT molecular complexity index is 1260. The normalized spacial score (nSPS) is 15.1. The van der Waals surface area contributed by atoms with Crippen LogP contribution in [0.1, 0.15) is 44.5 Å². The van der Waals surface area contributed by atoms with Gasteiger partial charge in [0.25, 0.3) is 5.56 Å². The molecule has 0 aliphatic carbocycles. The van der Waals surface area contributed by atoms with Crippen LogP contribution in [0.4, 0.5) is 0 Å². The van der Waals surface area contributed by atoms with E-state index in [1.165, 1.54) is 0 Å². The van der Waals surface area contributed by atoms with Crippen molar-refractivity contribution >= 4 is 39.6 Å². The largest absolute Gasteiger partial charge is 0.591 e. The molecule has 0 spiro atoms. The maximum absolute atomic E-state index is 13.3. The van der Waals surface area contributed by atoms with E-state index in [1.807, 2.05) is 52.8 Å². The van der Waals surface area contributed by atoms with Crippen molar-refractivity contribution in [3.8, 4) is 11.4 Å². The van der Waals surface area contributed by atoms with Gasteiger partial charge in [0.15, 0.2) is 0 Å². The molecule has 1 aromatic carbocycles. The predicted octanol–water partition coefficient (Wildman–Crippen LogP) is 4.25. The minimum absolute atomic E-state index is 0.0923.